The Labute approximate surface area is 209 Å². The number of amides is 1. The number of nitrogens with one attached hydrogen (secondary N) is 1. The number of unbranched alkanes of at least 4 members (excludes halogenated alkanes) is 6. The maximum absolute atomic E-state index is 12.1. The molecule has 0 fully saturated rings. The van der Waals surface area contributed by atoms with E-state index in [4.69, 9.17) is 0 Å². The minimum absolute atomic E-state index is 0.168. The molecule has 0 saturated carbocycles. The first kappa shape index (κ1) is 32.1. The first-order chi connectivity index (χ1) is 16.7. The Hall–Kier alpha value is -1.91. The van der Waals surface area contributed by atoms with E-state index in [-0.39, 0.29) is 18.9 Å². The number of carbonyl (C=O) groups excluding carboxylic acids is 1. The molecule has 0 saturated heterocycles. The van der Waals surface area contributed by atoms with Crippen LogP contribution in [0.4, 0.5) is 0 Å². The van der Waals surface area contributed by atoms with Gasteiger partial charge in [-0.05, 0) is 38.5 Å². The Bertz CT molecular complexity index is 604. The molecular weight excluding hydrogens is 422 g/mol. The first-order valence-electron chi connectivity index (χ1n) is 13.5. The van der Waals surface area contributed by atoms with E-state index >= 15 is 0 Å². The van der Waals surface area contributed by atoms with Gasteiger partial charge in [0.05, 0.1) is 18.8 Å². The maximum atomic E-state index is 12.1. The van der Waals surface area contributed by atoms with Crippen LogP contribution in [0.1, 0.15) is 104 Å². The third-order valence-electron chi connectivity index (χ3n) is 5.57. The molecule has 2 unspecified atom stereocenters. The van der Waals surface area contributed by atoms with Crippen molar-refractivity contribution < 1.29 is 15.0 Å². The number of allylic oxidation sites excluding steroid dienone is 9. The Balaban J connectivity index is 3.88. The van der Waals surface area contributed by atoms with E-state index in [0.717, 1.165) is 44.9 Å². The third kappa shape index (κ3) is 21.9. The highest BCUT2D eigenvalue weighted by Gasteiger charge is 2.19. The van der Waals surface area contributed by atoms with Gasteiger partial charge in [0.1, 0.15) is 0 Å². The van der Waals surface area contributed by atoms with Crippen LogP contribution in [0.2, 0.25) is 0 Å². The zero-order valence-corrected chi connectivity index (χ0v) is 21.8. The van der Waals surface area contributed by atoms with E-state index in [1.807, 2.05) is 12.2 Å². The molecule has 4 heteroatoms. The van der Waals surface area contributed by atoms with Crippen molar-refractivity contribution in [3.8, 4) is 0 Å². The lowest BCUT2D eigenvalue weighted by Gasteiger charge is -2.22. The maximum Gasteiger partial charge on any atom is 0.224 e. The van der Waals surface area contributed by atoms with E-state index in [1.54, 1.807) is 0 Å². The monoisotopic (exact) mass is 473 g/mol. The van der Waals surface area contributed by atoms with Crippen LogP contribution in [0.25, 0.3) is 0 Å². The van der Waals surface area contributed by atoms with Crippen molar-refractivity contribution >= 4 is 5.91 Å². The minimum Gasteiger partial charge on any atom is -0.394 e. The molecule has 0 rings (SSSR count). The van der Waals surface area contributed by atoms with Crippen LogP contribution in [0.5, 0.6) is 0 Å². The van der Waals surface area contributed by atoms with Crippen molar-refractivity contribution in [1.82, 2.24) is 5.32 Å². The highest BCUT2D eigenvalue weighted by Crippen LogP contribution is 2.11. The van der Waals surface area contributed by atoms with Gasteiger partial charge in [0.15, 0.2) is 0 Å². The molecule has 0 radical (unpaired) electrons. The summed E-state index contributed by atoms with van der Waals surface area (Å²) < 4.78 is 0. The predicted octanol–water partition coefficient (Wildman–Crippen LogP) is 7.11. The Kier molecular flexibility index (Phi) is 24.3. The highest BCUT2D eigenvalue weighted by molar-refractivity contribution is 5.77. The first-order valence-corrected chi connectivity index (χ1v) is 13.5. The Morgan fingerprint density at radius 3 is 1.68 bits per heavy atom. The minimum atomic E-state index is -0.696. The average Bonchev–Trinajstić information content (AvgIpc) is 2.84. The van der Waals surface area contributed by atoms with Crippen LogP contribution < -0.4 is 5.32 Å². The summed E-state index contributed by atoms with van der Waals surface area (Å²) in [5.74, 6) is -0.168. The van der Waals surface area contributed by atoms with E-state index in [9.17, 15) is 15.0 Å². The molecule has 0 aliphatic rings. The molecule has 0 aliphatic carbocycles. The molecule has 0 heterocycles. The van der Waals surface area contributed by atoms with Crippen LogP contribution in [0.15, 0.2) is 60.8 Å². The fourth-order valence-electron chi connectivity index (χ4n) is 3.48. The Morgan fingerprint density at radius 2 is 1.18 bits per heavy atom. The summed E-state index contributed by atoms with van der Waals surface area (Å²) in [7, 11) is 0. The fourth-order valence-corrected chi connectivity index (χ4v) is 3.48. The molecular formula is C30H51NO3. The van der Waals surface area contributed by atoms with Crippen molar-refractivity contribution in [2.75, 3.05) is 6.61 Å². The molecule has 0 aromatic carbocycles. The molecule has 0 aromatic heterocycles. The van der Waals surface area contributed by atoms with Gasteiger partial charge in [0, 0.05) is 6.42 Å². The summed E-state index contributed by atoms with van der Waals surface area (Å²) in [6, 6.07) is -0.588. The zero-order chi connectivity index (χ0) is 25.1. The van der Waals surface area contributed by atoms with Crippen molar-refractivity contribution in [1.29, 1.82) is 0 Å². The molecule has 0 spiro atoms. The highest BCUT2D eigenvalue weighted by atomic mass is 16.3. The smallest absolute Gasteiger partial charge is 0.224 e. The van der Waals surface area contributed by atoms with Gasteiger partial charge < -0.3 is 15.5 Å². The number of rotatable bonds is 22. The van der Waals surface area contributed by atoms with Crippen molar-refractivity contribution in [3.63, 3.8) is 0 Å². The topological polar surface area (TPSA) is 69.6 Å². The average molecular weight is 474 g/mol. The summed E-state index contributed by atoms with van der Waals surface area (Å²) in [6.45, 7) is 4.11. The summed E-state index contributed by atoms with van der Waals surface area (Å²) >= 11 is 0. The van der Waals surface area contributed by atoms with E-state index < -0.39 is 12.1 Å². The van der Waals surface area contributed by atoms with E-state index in [0.29, 0.717) is 6.42 Å². The van der Waals surface area contributed by atoms with Gasteiger partial charge in [0.2, 0.25) is 5.91 Å². The normalized spacial score (nSPS) is 14.4. The van der Waals surface area contributed by atoms with Crippen molar-refractivity contribution in [3.05, 3.63) is 60.8 Å². The third-order valence-corrected chi connectivity index (χ3v) is 5.57. The summed E-state index contributed by atoms with van der Waals surface area (Å²) in [6.07, 6.45) is 34.3. The van der Waals surface area contributed by atoms with Crippen LogP contribution in [-0.4, -0.2) is 34.9 Å². The van der Waals surface area contributed by atoms with Crippen molar-refractivity contribution in [2.45, 2.75) is 116 Å². The molecule has 0 aliphatic heterocycles. The second kappa shape index (κ2) is 25.7. The molecule has 4 nitrogen and oxygen atoms in total. The zero-order valence-electron chi connectivity index (χ0n) is 21.8. The standard InChI is InChI=1S/C30H51NO3/c1-3-5-7-9-11-12-13-14-15-16-17-18-20-22-24-26-30(34)31-28(27-32)29(33)25-23-21-19-10-8-6-4-2/h5,7,11-12,14-15,17-18,22,24,28-29,32-33H,3-4,6,8-10,13,16,19-21,23,25-27H2,1-2H3,(H,31,34)/b7-5-,12-11-,15-14-,18-17-,24-22-. The number of aliphatic hydroxyl groups is 2. The number of hydrogen-bond acceptors (Lipinski definition) is 3. The summed E-state index contributed by atoms with van der Waals surface area (Å²) in [5, 5.41) is 22.6. The lowest BCUT2D eigenvalue weighted by atomic mass is 10.0. The molecule has 0 bridgehead atoms. The lowest BCUT2D eigenvalue weighted by molar-refractivity contribution is -0.122. The lowest BCUT2D eigenvalue weighted by Crippen LogP contribution is -2.45. The predicted molar refractivity (Wildman–Crippen MR) is 147 cm³/mol. The molecule has 3 N–H and O–H groups in total. The molecule has 194 valence electrons. The van der Waals surface area contributed by atoms with Gasteiger partial charge in [-0.2, -0.15) is 0 Å². The molecule has 1 amide bonds. The largest absolute Gasteiger partial charge is 0.394 e. The quantitative estimate of drug-likeness (QED) is 0.116. The second-order valence-electron chi connectivity index (χ2n) is 8.75. The summed E-state index contributed by atoms with van der Waals surface area (Å²) in [4.78, 5) is 12.1. The fraction of sp³-hybridized carbons (Fsp3) is 0.633. The van der Waals surface area contributed by atoms with Gasteiger partial charge in [-0.1, -0.05) is 120 Å². The van der Waals surface area contributed by atoms with Gasteiger partial charge >= 0.3 is 0 Å². The SMILES string of the molecule is CC/C=C\C/C=C\C/C=C\C/C=C\C/C=C\CC(=O)NC(CO)C(O)CCCCCCCCC. The second-order valence-corrected chi connectivity index (χ2v) is 8.75. The Morgan fingerprint density at radius 1 is 0.706 bits per heavy atom. The van der Waals surface area contributed by atoms with Gasteiger partial charge in [-0.15, -0.1) is 0 Å². The van der Waals surface area contributed by atoms with Crippen LogP contribution >= 0.6 is 0 Å². The molecule has 2 atom stereocenters. The number of carbonyl (C=O) groups is 1. The van der Waals surface area contributed by atoms with Gasteiger partial charge in [-0.25, -0.2) is 0 Å². The number of hydrogen-bond donors (Lipinski definition) is 3. The van der Waals surface area contributed by atoms with E-state index in [2.05, 4.69) is 67.8 Å². The summed E-state index contributed by atoms with van der Waals surface area (Å²) in [5.41, 5.74) is 0. The van der Waals surface area contributed by atoms with Crippen LogP contribution in [0.3, 0.4) is 0 Å². The van der Waals surface area contributed by atoms with Crippen molar-refractivity contribution in [2.24, 2.45) is 0 Å². The molecule has 0 aromatic rings. The van der Waals surface area contributed by atoms with Crippen LogP contribution in [0, 0.1) is 0 Å². The van der Waals surface area contributed by atoms with E-state index in [1.165, 1.54) is 32.1 Å². The van der Waals surface area contributed by atoms with Gasteiger partial charge in [0.25, 0.3) is 0 Å². The molecule has 34 heavy (non-hydrogen) atoms. The van der Waals surface area contributed by atoms with Crippen LogP contribution in [-0.2, 0) is 4.79 Å². The van der Waals surface area contributed by atoms with Gasteiger partial charge in [-0.3, -0.25) is 4.79 Å². The number of aliphatic hydroxyl groups excluding tert-OH is 2.